The fraction of sp³-hybridized carbons (Fsp3) is 0.375. The summed E-state index contributed by atoms with van der Waals surface area (Å²) in [4.78, 5) is 25.6. The van der Waals surface area contributed by atoms with Crippen molar-refractivity contribution in [1.29, 1.82) is 0 Å². The van der Waals surface area contributed by atoms with E-state index in [4.69, 9.17) is 0 Å². The van der Waals surface area contributed by atoms with E-state index in [-0.39, 0.29) is 28.5 Å². The van der Waals surface area contributed by atoms with Gasteiger partial charge in [0.15, 0.2) is 0 Å². The molecule has 0 aromatic heterocycles. The Morgan fingerprint density at radius 2 is 1.83 bits per heavy atom. The zero-order chi connectivity index (χ0) is 20.7. The minimum Gasteiger partial charge on any atom is -0.378 e. The Hall–Kier alpha value is -3.15. The number of nitro groups is 1. The van der Waals surface area contributed by atoms with E-state index in [1.54, 1.807) is 12.1 Å². The summed E-state index contributed by atoms with van der Waals surface area (Å²) in [5, 5.41) is 14.6. The SMILES string of the molecule is O=C(c1ccc2c(c1)[C@@H]1C=CC[C@H]1[C@@H](c1ccc([N+](=O)[O-])cc1)N2)N1CCCCC1. The molecule has 0 spiro atoms. The lowest BCUT2D eigenvalue weighted by Gasteiger charge is -2.38. The van der Waals surface area contributed by atoms with E-state index in [1.807, 2.05) is 29.2 Å². The molecule has 2 aromatic rings. The first-order chi connectivity index (χ1) is 14.6. The Balaban J connectivity index is 1.44. The van der Waals surface area contributed by atoms with Crippen LogP contribution in [0.15, 0.2) is 54.6 Å². The number of fused-ring (bicyclic) bond motifs is 3. The number of allylic oxidation sites excluding steroid dienone is 2. The fourth-order valence-electron chi connectivity index (χ4n) is 5.14. The van der Waals surface area contributed by atoms with Gasteiger partial charge in [-0.15, -0.1) is 0 Å². The van der Waals surface area contributed by atoms with Crippen LogP contribution in [0.3, 0.4) is 0 Å². The zero-order valence-electron chi connectivity index (χ0n) is 16.8. The highest BCUT2D eigenvalue weighted by Gasteiger charge is 2.38. The highest BCUT2D eigenvalue weighted by Crippen LogP contribution is 2.50. The van der Waals surface area contributed by atoms with Crippen molar-refractivity contribution in [2.75, 3.05) is 18.4 Å². The van der Waals surface area contributed by atoms with Gasteiger partial charge in [-0.05, 0) is 60.9 Å². The van der Waals surface area contributed by atoms with E-state index in [0.29, 0.717) is 5.92 Å². The second-order valence-electron chi connectivity index (χ2n) is 8.48. The summed E-state index contributed by atoms with van der Waals surface area (Å²) >= 11 is 0. The van der Waals surface area contributed by atoms with Crippen molar-refractivity contribution in [2.24, 2.45) is 5.92 Å². The molecule has 0 radical (unpaired) electrons. The minimum absolute atomic E-state index is 0.0851. The molecule has 154 valence electrons. The number of carbonyl (C=O) groups is 1. The monoisotopic (exact) mass is 403 g/mol. The second-order valence-corrected chi connectivity index (χ2v) is 8.48. The van der Waals surface area contributed by atoms with Gasteiger partial charge < -0.3 is 10.2 Å². The van der Waals surface area contributed by atoms with E-state index < -0.39 is 0 Å². The van der Waals surface area contributed by atoms with Crippen LogP contribution in [0.25, 0.3) is 0 Å². The van der Waals surface area contributed by atoms with Crippen LogP contribution in [-0.2, 0) is 0 Å². The number of piperidine rings is 1. The largest absolute Gasteiger partial charge is 0.378 e. The Morgan fingerprint density at radius 1 is 1.07 bits per heavy atom. The molecule has 0 bridgehead atoms. The lowest BCUT2D eigenvalue weighted by Crippen LogP contribution is -2.36. The van der Waals surface area contributed by atoms with Crippen molar-refractivity contribution in [3.8, 4) is 0 Å². The van der Waals surface area contributed by atoms with Crippen molar-refractivity contribution in [2.45, 2.75) is 37.6 Å². The first-order valence-electron chi connectivity index (χ1n) is 10.7. The third-order valence-electron chi connectivity index (χ3n) is 6.72. The number of hydrogen-bond donors (Lipinski definition) is 1. The molecule has 5 rings (SSSR count). The van der Waals surface area contributed by atoms with Crippen molar-refractivity contribution in [3.05, 3.63) is 81.4 Å². The number of nitrogens with one attached hydrogen (secondary N) is 1. The summed E-state index contributed by atoms with van der Waals surface area (Å²) in [7, 11) is 0. The summed E-state index contributed by atoms with van der Waals surface area (Å²) < 4.78 is 0. The summed E-state index contributed by atoms with van der Waals surface area (Å²) in [6, 6.07) is 13.0. The van der Waals surface area contributed by atoms with Crippen molar-refractivity contribution < 1.29 is 9.72 Å². The quantitative estimate of drug-likeness (QED) is 0.442. The van der Waals surface area contributed by atoms with Gasteiger partial charge in [0, 0.05) is 42.4 Å². The molecule has 0 unspecified atom stereocenters. The number of amides is 1. The van der Waals surface area contributed by atoms with Crippen LogP contribution >= 0.6 is 0 Å². The molecule has 1 amide bonds. The number of nitro benzene ring substituents is 1. The summed E-state index contributed by atoms with van der Waals surface area (Å²) in [6.45, 7) is 1.70. The number of hydrogen-bond acceptors (Lipinski definition) is 4. The number of nitrogens with zero attached hydrogens (tertiary/aromatic N) is 2. The van der Waals surface area contributed by atoms with Gasteiger partial charge in [-0.2, -0.15) is 0 Å². The maximum absolute atomic E-state index is 13.0. The second kappa shape index (κ2) is 7.59. The van der Waals surface area contributed by atoms with E-state index in [9.17, 15) is 14.9 Å². The van der Waals surface area contributed by atoms with Crippen LogP contribution in [-0.4, -0.2) is 28.8 Å². The van der Waals surface area contributed by atoms with Gasteiger partial charge in [-0.1, -0.05) is 24.3 Å². The zero-order valence-corrected chi connectivity index (χ0v) is 16.8. The first kappa shape index (κ1) is 18.9. The molecule has 2 heterocycles. The molecule has 30 heavy (non-hydrogen) atoms. The summed E-state index contributed by atoms with van der Waals surface area (Å²) in [5.74, 6) is 0.711. The molecule has 0 saturated carbocycles. The highest BCUT2D eigenvalue weighted by molar-refractivity contribution is 5.95. The van der Waals surface area contributed by atoms with Crippen LogP contribution < -0.4 is 5.32 Å². The number of non-ortho nitro benzene ring substituents is 1. The third kappa shape index (κ3) is 3.26. The predicted octanol–water partition coefficient (Wildman–Crippen LogP) is 5.05. The lowest BCUT2D eigenvalue weighted by molar-refractivity contribution is -0.384. The fourth-order valence-corrected chi connectivity index (χ4v) is 5.14. The predicted molar refractivity (Wildman–Crippen MR) is 116 cm³/mol. The Kier molecular flexibility index (Phi) is 4.77. The van der Waals surface area contributed by atoms with Gasteiger partial charge in [0.1, 0.15) is 0 Å². The normalized spacial score (nSPS) is 24.7. The van der Waals surface area contributed by atoms with E-state index in [0.717, 1.165) is 49.2 Å². The number of benzene rings is 2. The van der Waals surface area contributed by atoms with Crippen LogP contribution in [0.2, 0.25) is 0 Å². The molecule has 6 nitrogen and oxygen atoms in total. The highest BCUT2D eigenvalue weighted by atomic mass is 16.6. The molecule has 2 aromatic carbocycles. The topological polar surface area (TPSA) is 75.5 Å². The molecule has 3 aliphatic rings. The molecule has 1 N–H and O–H groups in total. The van der Waals surface area contributed by atoms with E-state index in [2.05, 4.69) is 23.5 Å². The van der Waals surface area contributed by atoms with Crippen LogP contribution in [0.4, 0.5) is 11.4 Å². The average molecular weight is 403 g/mol. The lowest BCUT2D eigenvalue weighted by atomic mass is 9.76. The Morgan fingerprint density at radius 3 is 2.57 bits per heavy atom. The van der Waals surface area contributed by atoms with Crippen molar-refractivity contribution in [1.82, 2.24) is 4.90 Å². The van der Waals surface area contributed by atoms with Crippen LogP contribution in [0.5, 0.6) is 0 Å². The first-order valence-corrected chi connectivity index (χ1v) is 10.7. The van der Waals surface area contributed by atoms with Gasteiger partial charge in [-0.3, -0.25) is 14.9 Å². The molecule has 1 saturated heterocycles. The van der Waals surface area contributed by atoms with E-state index in [1.165, 1.54) is 12.0 Å². The molecular formula is C24H25N3O3. The van der Waals surface area contributed by atoms with Crippen LogP contribution in [0.1, 0.15) is 59.1 Å². The Bertz CT molecular complexity index is 1010. The molecule has 1 aliphatic carbocycles. The van der Waals surface area contributed by atoms with Gasteiger partial charge in [-0.25, -0.2) is 0 Å². The van der Waals surface area contributed by atoms with Crippen molar-refractivity contribution in [3.63, 3.8) is 0 Å². The van der Waals surface area contributed by atoms with Crippen LogP contribution in [0, 0.1) is 16.0 Å². The number of likely N-dealkylation sites (tertiary alicyclic amines) is 1. The maximum Gasteiger partial charge on any atom is 0.269 e. The van der Waals surface area contributed by atoms with Gasteiger partial charge in [0.25, 0.3) is 11.6 Å². The molecule has 3 atom stereocenters. The van der Waals surface area contributed by atoms with Gasteiger partial charge >= 0.3 is 0 Å². The average Bonchev–Trinajstić information content (AvgIpc) is 3.29. The smallest absolute Gasteiger partial charge is 0.269 e. The molecular weight excluding hydrogens is 378 g/mol. The molecule has 2 aliphatic heterocycles. The third-order valence-corrected chi connectivity index (χ3v) is 6.72. The van der Waals surface area contributed by atoms with Gasteiger partial charge in [0.2, 0.25) is 0 Å². The number of rotatable bonds is 3. The summed E-state index contributed by atoms with van der Waals surface area (Å²) in [6.07, 6.45) is 8.78. The standard InChI is InChI=1S/C24H25N3O3/c28-24(26-13-2-1-3-14-26)17-9-12-22-21(15-17)19-5-4-6-20(19)23(25-22)16-7-10-18(11-8-16)27(29)30/h4-5,7-12,15,19-20,23,25H,1-3,6,13-14H2/t19-,20-,23-/m1/s1. The number of anilines is 1. The molecule has 6 heteroatoms. The molecule has 1 fully saturated rings. The number of carbonyl (C=O) groups excluding carboxylic acids is 1. The van der Waals surface area contributed by atoms with E-state index >= 15 is 0 Å². The summed E-state index contributed by atoms with van der Waals surface area (Å²) in [5.41, 5.74) is 4.15. The maximum atomic E-state index is 13.0. The van der Waals surface area contributed by atoms with Gasteiger partial charge in [0.05, 0.1) is 11.0 Å². The minimum atomic E-state index is -0.367. The van der Waals surface area contributed by atoms with Crippen molar-refractivity contribution >= 4 is 17.3 Å². The Labute approximate surface area is 175 Å².